The summed E-state index contributed by atoms with van der Waals surface area (Å²) in [6, 6.07) is 11.1. The van der Waals surface area contributed by atoms with Crippen LogP contribution < -0.4 is 14.9 Å². The number of para-hydroxylation sites is 1. The van der Waals surface area contributed by atoms with Gasteiger partial charge in [0.15, 0.2) is 5.75 Å². The minimum Gasteiger partial charge on any atom is -0.496 e. The van der Waals surface area contributed by atoms with E-state index in [0.29, 0.717) is 23.5 Å². The maximum Gasteiger partial charge on any atom is 0.311 e. The zero-order valence-corrected chi connectivity index (χ0v) is 13.8. The van der Waals surface area contributed by atoms with Gasteiger partial charge in [0, 0.05) is 11.6 Å². The fourth-order valence-electron chi connectivity index (χ4n) is 2.09. The number of rotatable bonds is 7. The first-order valence-corrected chi connectivity index (χ1v) is 7.44. The van der Waals surface area contributed by atoms with E-state index < -0.39 is 10.8 Å². The molecule has 0 aromatic heterocycles. The lowest BCUT2D eigenvalue weighted by Gasteiger charge is -2.06. The summed E-state index contributed by atoms with van der Waals surface area (Å²) >= 11 is 0. The van der Waals surface area contributed by atoms with Crippen LogP contribution in [0.1, 0.15) is 22.8 Å². The highest BCUT2D eigenvalue weighted by molar-refractivity contribution is 5.97. The van der Waals surface area contributed by atoms with Crippen LogP contribution in [-0.2, 0) is 0 Å². The monoisotopic (exact) mass is 343 g/mol. The molecule has 8 heteroatoms. The average Bonchev–Trinajstić information content (AvgIpc) is 2.62. The lowest BCUT2D eigenvalue weighted by molar-refractivity contribution is -0.385. The number of hydrazone groups is 1. The van der Waals surface area contributed by atoms with Crippen LogP contribution in [0.3, 0.4) is 0 Å². The Morgan fingerprint density at radius 2 is 2.04 bits per heavy atom. The molecule has 0 radical (unpaired) electrons. The molecule has 0 fully saturated rings. The molecular formula is C17H17N3O5. The summed E-state index contributed by atoms with van der Waals surface area (Å²) in [7, 11) is 1.47. The summed E-state index contributed by atoms with van der Waals surface area (Å²) in [5.41, 5.74) is 2.98. The van der Waals surface area contributed by atoms with E-state index in [1.807, 2.05) is 0 Å². The summed E-state index contributed by atoms with van der Waals surface area (Å²) in [5, 5.41) is 14.9. The second kappa shape index (κ2) is 8.44. The summed E-state index contributed by atoms with van der Waals surface area (Å²) in [4.78, 5) is 22.6. The minimum absolute atomic E-state index is 0.165. The van der Waals surface area contributed by atoms with Gasteiger partial charge in [-0.25, -0.2) is 5.43 Å². The van der Waals surface area contributed by atoms with Gasteiger partial charge >= 0.3 is 5.69 Å². The molecule has 0 spiro atoms. The Kier molecular flexibility index (Phi) is 6.05. The molecule has 25 heavy (non-hydrogen) atoms. The fourth-order valence-corrected chi connectivity index (χ4v) is 2.09. The van der Waals surface area contributed by atoms with Gasteiger partial charge < -0.3 is 9.47 Å². The molecule has 130 valence electrons. The quantitative estimate of drug-likeness (QED) is 0.473. The number of nitro groups is 1. The van der Waals surface area contributed by atoms with Gasteiger partial charge in [0.2, 0.25) is 0 Å². The van der Waals surface area contributed by atoms with Crippen LogP contribution in [-0.4, -0.2) is 30.8 Å². The summed E-state index contributed by atoms with van der Waals surface area (Å²) < 4.78 is 10.3. The average molecular weight is 343 g/mol. The predicted octanol–water partition coefficient (Wildman–Crippen LogP) is 2.77. The number of ether oxygens (including phenoxy) is 2. The molecule has 0 aliphatic heterocycles. The Morgan fingerprint density at radius 1 is 1.28 bits per heavy atom. The van der Waals surface area contributed by atoms with E-state index in [0.717, 1.165) is 0 Å². The van der Waals surface area contributed by atoms with E-state index in [9.17, 15) is 14.9 Å². The number of carbonyl (C=O) groups is 1. The zero-order chi connectivity index (χ0) is 18.2. The number of nitrogens with one attached hydrogen (secondary N) is 1. The molecule has 2 aromatic carbocycles. The lowest BCUT2D eigenvalue weighted by Crippen LogP contribution is -2.18. The van der Waals surface area contributed by atoms with Crippen molar-refractivity contribution in [1.82, 2.24) is 5.43 Å². The SMILES string of the molecule is CCOc1ccc(/C=N/NC(=O)c2ccccc2OC)cc1[N+](=O)[O-]. The van der Waals surface area contributed by atoms with Crippen molar-refractivity contribution in [2.45, 2.75) is 6.92 Å². The third kappa shape index (κ3) is 4.54. The second-order valence-electron chi connectivity index (χ2n) is 4.82. The Bertz CT molecular complexity index is 805. The standard InChI is InChI=1S/C17H17N3O5/c1-3-25-16-9-8-12(10-14(16)20(22)23)11-18-19-17(21)13-6-4-5-7-15(13)24-2/h4-11H,3H2,1-2H3,(H,19,21)/b18-11+. The summed E-state index contributed by atoms with van der Waals surface area (Å²) in [6.45, 7) is 2.07. The maximum absolute atomic E-state index is 12.1. The van der Waals surface area contributed by atoms with Gasteiger partial charge in [0.1, 0.15) is 5.75 Å². The number of amides is 1. The van der Waals surface area contributed by atoms with Crippen molar-refractivity contribution in [3.05, 3.63) is 63.7 Å². The van der Waals surface area contributed by atoms with Crippen molar-refractivity contribution >= 4 is 17.8 Å². The number of hydrogen-bond acceptors (Lipinski definition) is 6. The first-order chi connectivity index (χ1) is 12.1. The van der Waals surface area contributed by atoms with E-state index in [-0.39, 0.29) is 11.4 Å². The smallest absolute Gasteiger partial charge is 0.311 e. The Labute approximate surface area is 144 Å². The molecule has 1 N–H and O–H groups in total. The van der Waals surface area contributed by atoms with Crippen LogP contribution in [0.15, 0.2) is 47.6 Å². The van der Waals surface area contributed by atoms with E-state index in [2.05, 4.69) is 10.5 Å². The largest absolute Gasteiger partial charge is 0.496 e. The Morgan fingerprint density at radius 3 is 2.72 bits per heavy atom. The lowest BCUT2D eigenvalue weighted by atomic mass is 10.2. The highest BCUT2D eigenvalue weighted by Gasteiger charge is 2.15. The van der Waals surface area contributed by atoms with Crippen molar-refractivity contribution in [2.75, 3.05) is 13.7 Å². The van der Waals surface area contributed by atoms with Crippen molar-refractivity contribution in [1.29, 1.82) is 0 Å². The van der Waals surface area contributed by atoms with Crippen LogP contribution in [0, 0.1) is 10.1 Å². The van der Waals surface area contributed by atoms with Crippen LogP contribution in [0.4, 0.5) is 5.69 Å². The van der Waals surface area contributed by atoms with Gasteiger partial charge in [-0.1, -0.05) is 12.1 Å². The molecule has 1 amide bonds. The number of carbonyl (C=O) groups excluding carboxylic acids is 1. The highest BCUT2D eigenvalue weighted by atomic mass is 16.6. The van der Waals surface area contributed by atoms with Crippen molar-refractivity contribution in [3.63, 3.8) is 0 Å². The molecule has 8 nitrogen and oxygen atoms in total. The molecular weight excluding hydrogens is 326 g/mol. The molecule has 0 aliphatic carbocycles. The fraction of sp³-hybridized carbons (Fsp3) is 0.176. The molecule has 0 aliphatic rings. The number of benzene rings is 2. The molecule has 0 saturated heterocycles. The first-order valence-electron chi connectivity index (χ1n) is 7.44. The normalized spacial score (nSPS) is 10.5. The van der Waals surface area contributed by atoms with Gasteiger partial charge in [-0.3, -0.25) is 14.9 Å². The Balaban J connectivity index is 2.13. The van der Waals surface area contributed by atoms with E-state index in [1.54, 1.807) is 37.3 Å². The van der Waals surface area contributed by atoms with Gasteiger partial charge in [-0.15, -0.1) is 0 Å². The topological polar surface area (TPSA) is 103 Å². The molecule has 0 unspecified atom stereocenters. The third-order valence-electron chi connectivity index (χ3n) is 3.21. The molecule has 0 atom stereocenters. The van der Waals surface area contributed by atoms with Crippen LogP contribution in [0.25, 0.3) is 0 Å². The summed E-state index contributed by atoms with van der Waals surface area (Å²) in [5.74, 6) is 0.156. The Hall–Kier alpha value is -3.42. The number of methoxy groups -OCH3 is 1. The van der Waals surface area contributed by atoms with E-state index in [4.69, 9.17) is 9.47 Å². The number of nitrogens with zero attached hydrogens (tertiary/aromatic N) is 2. The van der Waals surface area contributed by atoms with Gasteiger partial charge in [0.05, 0.1) is 30.4 Å². The predicted molar refractivity (Wildman–Crippen MR) is 92.3 cm³/mol. The molecule has 2 aromatic rings. The van der Waals surface area contributed by atoms with Gasteiger partial charge in [-0.05, 0) is 31.2 Å². The van der Waals surface area contributed by atoms with Gasteiger partial charge in [-0.2, -0.15) is 5.10 Å². The van der Waals surface area contributed by atoms with E-state index >= 15 is 0 Å². The molecule has 0 saturated carbocycles. The number of hydrogen-bond donors (Lipinski definition) is 1. The molecule has 0 heterocycles. The van der Waals surface area contributed by atoms with E-state index in [1.165, 1.54) is 25.5 Å². The van der Waals surface area contributed by atoms with Crippen molar-refractivity contribution in [3.8, 4) is 11.5 Å². The van der Waals surface area contributed by atoms with Crippen molar-refractivity contribution in [2.24, 2.45) is 5.10 Å². The second-order valence-corrected chi connectivity index (χ2v) is 4.82. The third-order valence-corrected chi connectivity index (χ3v) is 3.21. The van der Waals surface area contributed by atoms with Crippen LogP contribution in [0.5, 0.6) is 11.5 Å². The first kappa shape index (κ1) is 17.9. The summed E-state index contributed by atoms with van der Waals surface area (Å²) in [6.07, 6.45) is 1.32. The maximum atomic E-state index is 12.1. The zero-order valence-electron chi connectivity index (χ0n) is 13.8. The van der Waals surface area contributed by atoms with Crippen LogP contribution >= 0.6 is 0 Å². The highest BCUT2D eigenvalue weighted by Crippen LogP contribution is 2.27. The van der Waals surface area contributed by atoms with Crippen LogP contribution in [0.2, 0.25) is 0 Å². The van der Waals surface area contributed by atoms with Gasteiger partial charge in [0.25, 0.3) is 5.91 Å². The minimum atomic E-state index is -0.532. The number of nitro benzene ring substituents is 1. The molecule has 2 rings (SSSR count). The van der Waals surface area contributed by atoms with Crippen molar-refractivity contribution < 1.29 is 19.2 Å². The molecule has 0 bridgehead atoms.